The summed E-state index contributed by atoms with van der Waals surface area (Å²) in [6.45, 7) is 4.59. The molecule has 0 aromatic heterocycles. The minimum absolute atomic E-state index is 0.240. The Kier molecular flexibility index (Phi) is 9.07. The van der Waals surface area contributed by atoms with Crippen molar-refractivity contribution >= 4 is 11.9 Å². The lowest BCUT2D eigenvalue weighted by molar-refractivity contribution is -0.121. The number of piperidine rings is 1. The van der Waals surface area contributed by atoms with E-state index in [1.807, 2.05) is 13.0 Å². The van der Waals surface area contributed by atoms with E-state index in [4.69, 9.17) is 9.47 Å². The minimum atomic E-state index is -0.407. The average Bonchev–Trinajstić information content (AvgIpc) is 2.71. The summed E-state index contributed by atoms with van der Waals surface area (Å²) in [4.78, 5) is 25.6. The van der Waals surface area contributed by atoms with E-state index in [9.17, 15) is 9.59 Å². The smallest absolute Gasteiger partial charge is 0.321 e. The molecule has 156 valence electrons. The summed E-state index contributed by atoms with van der Waals surface area (Å²) in [6.07, 6.45) is 5.07. The Morgan fingerprint density at radius 2 is 1.75 bits per heavy atom. The SMILES string of the molecule is CCCNC(=O)NC(=O)CN1CCC(CCc2cc(OC)cc(OC)c2)CC1. The number of amides is 3. The maximum Gasteiger partial charge on any atom is 0.321 e. The van der Waals surface area contributed by atoms with E-state index < -0.39 is 6.03 Å². The Morgan fingerprint density at radius 1 is 1.11 bits per heavy atom. The zero-order valence-corrected chi connectivity index (χ0v) is 17.3. The molecule has 0 radical (unpaired) electrons. The average molecular weight is 392 g/mol. The van der Waals surface area contributed by atoms with Gasteiger partial charge in [0.15, 0.2) is 0 Å². The van der Waals surface area contributed by atoms with E-state index in [-0.39, 0.29) is 12.5 Å². The van der Waals surface area contributed by atoms with Crippen LogP contribution in [0.25, 0.3) is 0 Å². The number of ether oxygens (including phenoxy) is 2. The summed E-state index contributed by atoms with van der Waals surface area (Å²) in [5.41, 5.74) is 1.22. The molecule has 3 amide bonds. The van der Waals surface area contributed by atoms with Gasteiger partial charge >= 0.3 is 6.03 Å². The highest BCUT2D eigenvalue weighted by atomic mass is 16.5. The Labute approximate surface area is 167 Å². The second kappa shape index (κ2) is 11.5. The highest BCUT2D eigenvalue weighted by Crippen LogP contribution is 2.26. The molecule has 7 heteroatoms. The van der Waals surface area contributed by atoms with Crippen molar-refractivity contribution in [3.05, 3.63) is 23.8 Å². The van der Waals surface area contributed by atoms with Gasteiger partial charge in [-0.05, 0) is 68.8 Å². The van der Waals surface area contributed by atoms with Crippen LogP contribution < -0.4 is 20.1 Å². The molecule has 0 aliphatic carbocycles. The molecule has 1 heterocycles. The quantitative estimate of drug-likeness (QED) is 0.676. The molecule has 1 aromatic carbocycles. The highest BCUT2D eigenvalue weighted by molar-refractivity contribution is 5.95. The van der Waals surface area contributed by atoms with Gasteiger partial charge in [-0.15, -0.1) is 0 Å². The first-order valence-corrected chi connectivity index (χ1v) is 10.1. The predicted octanol–water partition coefficient (Wildman–Crippen LogP) is 2.58. The summed E-state index contributed by atoms with van der Waals surface area (Å²) in [6, 6.07) is 5.60. The molecule has 0 spiro atoms. The highest BCUT2D eigenvalue weighted by Gasteiger charge is 2.21. The third kappa shape index (κ3) is 7.38. The van der Waals surface area contributed by atoms with Crippen molar-refractivity contribution < 1.29 is 19.1 Å². The monoisotopic (exact) mass is 391 g/mol. The number of urea groups is 1. The number of carbonyl (C=O) groups excluding carboxylic acids is 2. The van der Waals surface area contributed by atoms with Crippen molar-refractivity contribution in [3.8, 4) is 11.5 Å². The van der Waals surface area contributed by atoms with Crippen molar-refractivity contribution in [1.82, 2.24) is 15.5 Å². The van der Waals surface area contributed by atoms with Crippen LogP contribution in [-0.2, 0) is 11.2 Å². The van der Waals surface area contributed by atoms with Crippen LogP contribution in [0, 0.1) is 5.92 Å². The van der Waals surface area contributed by atoms with Gasteiger partial charge in [0.25, 0.3) is 0 Å². The zero-order chi connectivity index (χ0) is 20.4. The molecule has 0 atom stereocenters. The van der Waals surface area contributed by atoms with Gasteiger partial charge in [-0.1, -0.05) is 6.92 Å². The van der Waals surface area contributed by atoms with Gasteiger partial charge in [0, 0.05) is 12.6 Å². The molecular formula is C21H33N3O4. The molecular weight excluding hydrogens is 358 g/mol. The molecule has 1 aromatic rings. The fraction of sp³-hybridized carbons (Fsp3) is 0.619. The topological polar surface area (TPSA) is 79.9 Å². The second-order valence-electron chi connectivity index (χ2n) is 7.28. The van der Waals surface area contributed by atoms with Gasteiger partial charge in [0.05, 0.1) is 20.8 Å². The van der Waals surface area contributed by atoms with Gasteiger partial charge in [-0.2, -0.15) is 0 Å². The van der Waals surface area contributed by atoms with Gasteiger partial charge in [-0.25, -0.2) is 4.79 Å². The van der Waals surface area contributed by atoms with Gasteiger partial charge in [-0.3, -0.25) is 15.0 Å². The number of rotatable bonds is 9. The molecule has 1 saturated heterocycles. The molecule has 7 nitrogen and oxygen atoms in total. The van der Waals surface area contributed by atoms with Crippen LogP contribution in [0.3, 0.4) is 0 Å². The van der Waals surface area contributed by atoms with Crippen molar-refractivity contribution in [1.29, 1.82) is 0 Å². The lowest BCUT2D eigenvalue weighted by atomic mass is 9.90. The van der Waals surface area contributed by atoms with Crippen molar-refractivity contribution in [2.75, 3.05) is 40.4 Å². The van der Waals surface area contributed by atoms with Crippen molar-refractivity contribution in [3.63, 3.8) is 0 Å². The Morgan fingerprint density at radius 3 is 2.32 bits per heavy atom. The number of imide groups is 1. The van der Waals surface area contributed by atoms with E-state index >= 15 is 0 Å². The third-order valence-corrected chi connectivity index (χ3v) is 5.12. The largest absolute Gasteiger partial charge is 0.497 e. The summed E-state index contributed by atoms with van der Waals surface area (Å²) in [5.74, 6) is 2.04. The molecule has 2 rings (SSSR count). The lowest BCUT2D eigenvalue weighted by Gasteiger charge is -2.31. The van der Waals surface area contributed by atoms with Gasteiger partial charge in [0.2, 0.25) is 5.91 Å². The van der Waals surface area contributed by atoms with E-state index in [1.165, 1.54) is 5.56 Å². The molecule has 2 N–H and O–H groups in total. The van der Waals surface area contributed by atoms with Crippen LogP contribution in [0.4, 0.5) is 4.79 Å². The first-order chi connectivity index (χ1) is 13.5. The van der Waals surface area contributed by atoms with Crippen LogP contribution in [0.2, 0.25) is 0 Å². The fourth-order valence-electron chi connectivity index (χ4n) is 3.47. The molecule has 1 fully saturated rings. The van der Waals surface area contributed by atoms with E-state index in [0.29, 0.717) is 12.5 Å². The number of aryl methyl sites for hydroxylation is 1. The van der Waals surface area contributed by atoms with Crippen molar-refractivity contribution in [2.45, 2.75) is 39.0 Å². The Hall–Kier alpha value is -2.28. The maximum absolute atomic E-state index is 12.0. The number of benzene rings is 1. The number of methoxy groups -OCH3 is 2. The molecule has 1 aliphatic heterocycles. The molecule has 0 saturated carbocycles. The van der Waals surface area contributed by atoms with E-state index in [2.05, 4.69) is 27.7 Å². The van der Waals surface area contributed by atoms with E-state index in [1.54, 1.807) is 14.2 Å². The second-order valence-corrected chi connectivity index (χ2v) is 7.28. The maximum atomic E-state index is 12.0. The first-order valence-electron chi connectivity index (χ1n) is 10.1. The van der Waals surface area contributed by atoms with E-state index in [0.717, 1.165) is 56.7 Å². The van der Waals surface area contributed by atoms with Crippen LogP contribution in [0.1, 0.15) is 38.2 Å². The number of hydrogen-bond donors (Lipinski definition) is 2. The summed E-state index contributed by atoms with van der Waals surface area (Å²) in [5, 5.41) is 5.04. The third-order valence-electron chi connectivity index (χ3n) is 5.12. The first kappa shape index (κ1) is 22.0. The predicted molar refractivity (Wildman–Crippen MR) is 109 cm³/mol. The van der Waals surface area contributed by atoms with Crippen LogP contribution >= 0.6 is 0 Å². The zero-order valence-electron chi connectivity index (χ0n) is 17.3. The molecule has 0 unspecified atom stereocenters. The van der Waals surface area contributed by atoms with Gasteiger partial charge < -0.3 is 14.8 Å². The Bertz CT molecular complexity index is 620. The number of likely N-dealkylation sites (tertiary alicyclic amines) is 1. The standard InChI is InChI=1S/C21H33N3O4/c1-4-9-22-21(26)23-20(25)15-24-10-7-16(8-11-24)5-6-17-12-18(27-2)14-19(13-17)28-3/h12-14,16H,4-11,15H2,1-3H3,(H2,22,23,25,26). The normalized spacial score (nSPS) is 15.1. The van der Waals surface area contributed by atoms with Crippen LogP contribution in [0.15, 0.2) is 18.2 Å². The Balaban J connectivity index is 1.71. The number of hydrogen-bond acceptors (Lipinski definition) is 5. The fourth-order valence-corrected chi connectivity index (χ4v) is 3.47. The van der Waals surface area contributed by atoms with Gasteiger partial charge in [0.1, 0.15) is 11.5 Å². The summed E-state index contributed by atoms with van der Waals surface area (Å²) in [7, 11) is 3.33. The number of carbonyl (C=O) groups is 2. The van der Waals surface area contributed by atoms with Crippen LogP contribution in [0.5, 0.6) is 11.5 Å². The number of nitrogens with one attached hydrogen (secondary N) is 2. The molecule has 1 aliphatic rings. The summed E-state index contributed by atoms with van der Waals surface area (Å²) < 4.78 is 10.7. The molecule has 0 bridgehead atoms. The molecule has 28 heavy (non-hydrogen) atoms. The van der Waals surface area contributed by atoms with Crippen LogP contribution in [-0.4, -0.2) is 57.2 Å². The summed E-state index contributed by atoms with van der Waals surface area (Å²) >= 11 is 0. The minimum Gasteiger partial charge on any atom is -0.497 e. The van der Waals surface area contributed by atoms with Crippen molar-refractivity contribution in [2.24, 2.45) is 5.92 Å². The number of nitrogens with zero attached hydrogens (tertiary/aromatic N) is 1. The lowest BCUT2D eigenvalue weighted by Crippen LogP contribution is -2.46.